The Kier molecular flexibility index (Phi) is 2.36. The number of aromatic nitrogens is 5. The topological polar surface area (TPSA) is 99.4 Å². The highest BCUT2D eigenvalue weighted by molar-refractivity contribution is 5.92. The van der Waals surface area contributed by atoms with Crippen molar-refractivity contribution in [3.8, 4) is 0 Å². The second kappa shape index (κ2) is 4.00. The van der Waals surface area contributed by atoms with Crippen LogP contribution in [0.25, 0.3) is 0 Å². The summed E-state index contributed by atoms with van der Waals surface area (Å²) in [5.41, 5.74) is 2.59. The van der Waals surface area contributed by atoms with Crippen molar-refractivity contribution in [1.29, 1.82) is 0 Å². The van der Waals surface area contributed by atoms with Crippen molar-refractivity contribution in [2.24, 2.45) is 5.92 Å². The highest BCUT2D eigenvalue weighted by Gasteiger charge is 2.27. The normalized spacial score (nSPS) is 18.7. The van der Waals surface area contributed by atoms with E-state index in [2.05, 4.69) is 30.9 Å². The molecule has 0 aromatic carbocycles. The summed E-state index contributed by atoms with van der Waals surface area (Å²) >= 11 is 0. The lowest BCUT2D eigenvalue weighted by atomic mass is 9.89. The van der Waals surface area contributed by atoms with E-state index in [1.807, 2.05) is 0 Å². The van der Waals surface area contributed by atoms with Crippen LogP contribution in [0, 0.1) is 5.92 Å². The fraction of sp³-hybridized carbons (Fsp3) is 0.400. The van der Waals surface area contributed by atoms with E-state index in [1.165, 1.54) is 0 Å². The Bertz CT molecular complexity index is 517. The number of H-pyrrole nitrogens is 2. The van der Waals surface area contributed by atoms with Crippen molar-refractivity contribution in [3.05, 3.63) is 23.8 Å². The van der Waals surface area contributed by atoms with Gasteiger partial charge in [0.1, 0.15) is 0 Å². The smallest absolute Gasteiger partial charge is 0.227 e. The van der Waals surface area contributed by atoms with Crippen LogP contribution < -0.4 is 5.32 Å². The Hall–Kier alpha value is -2.18. The third kappa shape index (κ3) is 1.91. The maximum atomic E-state index is 12.0. The number of fused-ring (bicyclic) bond motifs is 1. The predicted molar refractivity (Wildman–Crippen MR) is 59.1 cm³/mol. The number of carbonyl (C=O) groups is 1. The second-order valence-electron chi connectivity index (χ2n) is 4.13. The van der Waals surface area contributed by atoms with Gasteiger partial charge in [0.05, 0.1) is 23.3 Å². The summed E-state index contributed by atoms with van der Waals surface area (Å²) in [4.78, 5) is 12.0. The molecule has 0 spiro atoms. The fourth-order valence-corrected chi connectivity index (χ4v) is 2.07. The molecule has 0 saturated heterocycles. The van der Waals surface area contributed by atoms with Gasteiger partial charge in [0.15, 0.2) is 0 Å². The number of aryl methyl sites for hydroxylation is 1. The summed E-state index contributed by atoms with van der Waals surface area (Å²) in [6.45, 7) is 0. The summed E-state index contributed by atoms with van der Waals surface area (Å²) in [6.07, 6.45) is 5.50. The molecule has 0 bridgehead atoms. The number of hydrogen-bond acceptors (Lipinski definition) is 4. The van der Waals surface area contributed by atoms with Gasteiger partial charge < -0.3 is 5.32 Å². The van der Waals surface area contributed by atoms with Gasteiger partial charge in [-0.15, -0.1) is 0 Å². The molecule has 7 nitrogen and oxygen atoms in total. The molecule has 0 aliphatic heterocycles. The van der Waals surface area contributed by atoms with E-state index in [-0.39, 0.29) is 11.8 Å². The summed E-state index contributed by atoms with van der Waals surface area (Å²) in [7, 11) is 0. The number of nitrogens with one attached hydrogen (secondary N) is 3. The van der Waals surface area contributed by atoms with Crippen LogP contribution >= 0.6 is 0 Å². The van der Waals surface area contributed by atoms with Gasteiger partial charge in [-0.25, -0.2) is 0 Å². The minimum Gasteiger partial charge on any atom is -0.323 e. The quantitative estimate of drug-likeness (QED) is 0.692. The lowest BCUT2D eigenvalue weighted by Gasteiger charge is -2.18. The first-order valence-electron chi connectivity index (χ1n) is 5.51. The summed E-state index contributed by atoms with van der Waals surface area (Å²) < 4.78 is 0. The monoisotopic (exact) mass is 232 g/mol. The predicted octanol–water partition coefficient (Wildman–Crippen LogP) is 0.271. The molecule has 1 aliphatic carbocycles. The minimum absolute atomic E-state index is 0.0139. The van der Waals surface area contributed by atoms with E-state index in [4.69, 9.17) is 0 Å². The van der Waals surface area contributed by atoms with Gasteiger partial charge in [-0.3, -0.25) is 9.89 Å². The van der Waals surface area contributed by atoms with E-state index in [0.717, 1.165) is 24.2 Å². The van der Waals surface area contributed by atoms with E-state index < -0.39 is 0 Å². The molecule has 2 aromatic rings. The number of hydrogen-bond donors (Lipinski definition) is 3. The van der Waals surface area contributed by atoms with Gasteiger partial charge in [-0.2, -0.15) is 20.5 Å². The maximum Gasteiger partial charge on any atom is 0.227 e. The van der Waals surface area contributed by atoms with Crippen LogP contribution in [0.15, 0.2) is 12.4 Å². The van der Waals surface area contributed by atoms with Crippen LogP contribution in [0.5, 0.6) is 0 Å². The van der Waals surface area contributed by atoms with E-state index >= 15 is 0 Å². The molecule has 0 fully saturated rings. The fourth-order valence-electron chi connectivity index (χ4n) is 2.07. The molecule has 0 radical (unpaired) electrons. The number of nitrogens with zero attached hydrogens (tertiary/aromatic N) is 3. The summed E-state index contributed by atoms with van der Waals surface area (Å²) in [6, 6.07) is 0. The van der Waals surface area contributed by atoms with E-state index in [1.54, 1.807) is 12.4 Å². The molecule has 0 saturated carbocycles. The first-order chi connectivity index (χ1) is 8.33. The van der Waals surface area contributed by atoms with Crippen molar-refractivity contribution in [1.82, 2.24) is 25.6 Å². The van der Waals surface area contributed by atoms with Crippen LogP contribution in [0.2, 0.25) is 0 Å². The average Bonchev–Trinajstić information content (AvgIpc) is 2.97. The van der Waals surface area contributed by atoms with Gasteiger partial charge >= 0.3 is 0 Å². The summed E-state index contributed by atoms with van der Waals surface area (Å²) in [5, 5.41) is 20.0. The molecule has 2 heterocycles. The van der Waals surface area contributed by atoms with Crippen molar-refractivity contribution < 1.29 is 4.79 Å². The third-order valence-electron chi connectivity index (χ3n) is 3.01. The molecule has 17 heavy (non-hydrogen) atoms. The Morgan fingerprint density at radius 1 is 1.41 bits per heavy atom. The number of carbonyl (C=O) groups excluding carboxylic acids is 1. The van der Waals surface area contributed by atoms with Crippen molar-refractivity contribution in [2.75, 3.05) is 5.32 Å². The maximum absolute atomic E-state index is 12.0. The zero-order valence-corrected chi connectivity index (χ0v) is 9.10. The van der Waals surface area contributed by atoms with Crippen LogP contribution in [-0.2, 0) is 17.6 Å². The molecule has 2 aromatic heterocycles. The van der Waals surface area contributed by atoms with Gasteiger partial charge in [-0.1, -0.05) is 0 Å². The first-order valence-corrected chi connectivity index (χ1v) is 5.51. The molecule has 88 valence electrons. The molecule has 1 amide bonds. The van der Waals surface area contributed by atoms with Crippen LogP contribution in [0.1, 0.15) is 17.8 Å². The van der Waals surface area contributed by atoms with Gasteiger partial charge in [0.2, 0.25) is 5.91 Å². The second-order valence-corrected chi connectivity index (χ2v) is 4.13. The first kappa shape index (κ1) is 10.0. The standard InChI is InChI=1S/C10H12N6O/c17-10(13-7-4-11-12-5-7)6-1-2-8-9(3-6)15-16-14-8/h4-6H,1-3H2,(H,11,12)(H,13,17)(H,14,15,16). The Morgan fingerprint density at radius 3 is 3.12 bits per heavy atom. The van der Waals surface area contributed by atoms with E-state index in [0.29, 0.717) is 12.1 Å². The van der Waals surface area contributed by atoms with Crippen molar-refractivity contribution >= 4 is 11.6 Å². The Labute approximate surface area is 97.0 Å². The number of aromatic amines is 2. The number of anilines is 1. The SMILES string of the molecule is O=C(Nc1cn[nH]c1)C1CCc2n[nH]nc2C1. The van der Waals surface area contributed by atoms with E-state index in [9.17, 15) is 4.79 Å². The minimum atomic E-state index is -0.0394. The molecular formula is C10H12N6O. The molecule has 1 unspecified atom stereocenters. The van der Waals surface area contributed by atoms with Crippen molar-refractivity contribution in [2.45, 2.75) is 19.3 Å². The summed E-state index contributed by atoms with van der Waals surface area (Å²) in [5.74, 6) is -0.0254. The molecule has 1 aliphatic rings. The highest BCUT2D eigenvalue weighted by Crippen LogP contribution is 2.23. The molecular weight excluding hydrogens is 220 g/mol. The van der Waals surface area contributed by atoms with Crippen LogP contribution in [0.3, 0.4) is 0 Å². The van der Waals surface area contributed by atoms with Gasteiger partial charge in [0, 0.05) is 18.5 Å². The molecule has 3 rings (SSSR count). The van der Waals surface area contributed by atoms with Crippen molar-refractivity contribution in [3.63, 3.8) is 0 Å². The van der Waals surface area contributed by atoms with Gasteiger partial charge in [0.25, 0.3) is 0 Å². The van der Waals surface area contributed by atoms with Crippen LogP contribution in [-0.4, -0.2) is 31.5 Å². The average molecular weight is 232 g/mol. The Balaban J connectivity index is 1.68. The third-order valence-corrected chi connectivity index (χ3v) is 3.01. The lowest BCUT2D eigenvalue weighted by Crippen LogP contribution is -2.28. The largest absolute Gasteiger partial charge is 0.323 e. The number of amides is 1. The Morgan fingerprint density at radius 2 is 2.29 bits per heavy atom. The van der Waals surface area contributed by atoms with Crippen LogP contribution in [0.4, 0.5) is 5.69 Å². The van der Waals surface area contributed by atoms with Gasteiger partial charge in [-0.05, 0) is 12.8 Å². The molecule has 1 atom stereocenters. The highest BCUT2D eigenvalue weighted by atomic mass is 16.1. The molecule has 3 N–H and O–H groups in total. The lowest BCUT2D eigenvalue weighted by molar-refractivity contribution is -0.120. The zero-order valence-electron chi connectivity index (χ0n) is 9.10. The molecule has 7 heteroatoms. The number of rotatable bonds is 2. The zero-order chi connectivity index (χ0) is 11.7.